The lowest BCUT2D eigenvalue weighted by molar-refractivity contribution is -0.115. The molecule has 0 aliphatic heterocycles. The number of carbonyl (C=O) groups excluding carboxylic acids is 1. The van der Waals surface area contributed by atoms with Crippen molar-refractivity contribution in [3.05, 3.63) is 90.5 Å². The summed E-state index contributed by atoms with van der Waals surface area (Å²) in [4.78, 5) is 19.6. The van der Waals surface area contributed by atoms with Crippen LogP contribution in [0.3, 0.4) is 0 Å². The molecule has 6 heteroatoms. The Morgan fingerprint density at radius 2 is 1.66 bits per heavy atom. The first-order chi connectivity index (χ1) is 15.7. The molecule has 0 unspecified atom stereocenters. The van der Waals surface area contributed by atoms with Gasteiger partial charge in [-0.3, -0.25) is 9.69 Å². The van der Waals surface area contributed by atoms with E-state index in [-0.39, 0.29) is 11.7 Å². The summed E-state index contributed by atoms with van der Waals surface area (Å²) in [5.41, 5.74) is 2.78. The average Bonchev–Trinajstić information content (AvgIpc) is 2.84. The number of nitriles is 1. The zero-order valence-corrected chi connectivity index (χ0v) is 18.4. The number of aromatic nitrogens is 1. The predicted octanol–water partition coefficient (Wildman–Crippen LogP) is 5.96. The molecule has 1 aromatic heterocycles. The van der Waals surface area contributed by atoms with Gasteiger partial charge < -0.3 is 4.74 Å². The van der Waals surface area contributed by atoms with Crippen molar-refractivity contribution in [3.8, 4) is 11.8 Å². The van der Waals surface area contributed by atoms with Crippen LogP contribution in [0.15, 0.2) is 90.0 Å². The van der Waals surface area contributed by atoms with Crippen LogP contribution in [0.25, 0.3) is 10.9 Å². The Labute approximate surface area is 191 Å². The van der Waals surface area contributed by atoms with Gasteiger partial charge in [-0.25, -0.2) is 4.98 Å². The second-order valence-corrected chi connectivity index (χ2v) is 7.89. The fourth-order valence-electron chi connectivity index (χ4n) is 3.37. The number of para-hydroxylation sites is 2. The number of carbonyl (C=O) groups is 1. The summed E-state index contributed by atoms with van der Waals surface area (Å²) in [6.45, 7) is 2.49. The van der Waals surface area contributed by atoms with Crippen molar-refractivity contribution < 1.29 is 9.53 Å². The Morgan fingerprint density at radius 3 is 2.25 bits per heavy atom. The summed E-state index contributed by atoms with van der Waals surface area (Å²) in [6, 6.07) is 28.7. The molecule has 1 amide bonds. The van der Waals surface area contributed by atoms with Crippen molar-refractivity contribution in [2.24, 2.45) is 0 Å². The molecule has 5 nitrogen and oxygen atoms in total. The van der Waals surface area contributed by atoms with Gasteiger partial charge >= 0.3 is 0 Å². The maximum absolute atomic E-state index is 13.3. The van der Waals surface area contributed by atoms with Gasteiger partial charge in [0.15, 0.2) is 0 Å². The van der Waals surface area contributed by atoms with Crippen molar-refractivity contribution in [2.75, 3.05) is 17.3 Å². The molecule has 4 rings (SSSR count). The second-order valence-electron chi connectivity index (χ2n) is 6.93. The SMILES string of the molecule is CCOc1ccc2nc(SCC(=O)N(c3ccccc3)c3ccccc3)c(C#N)cc2c1. The number of ether oxygens (including phenoxy) is 1. The number of nitrogens with zero attached hydrogens (tertiary/aromatic N) is 3. The van der Waals surface area contributed by atoms with Crippen LogP contribution < -0.4 is 9.64 Å². The fraction of sp³-hybridized carbons (Fsp3) is 0.115. The van der Waals surface area contributed by atoms with E-state index in [0.29, 0.717) is 17.2 Å². The summed E-state index contributed by atoms with van der Waals surface area (Å²) in [6.07, 6.45) is 0. The van der Waals surface area contributed by atoms with Gasteiger partial charge in [0.25, 0.3) is 0 Å². The highest BCUT2D eigenvalue weighted by atomic mass is 32.2. The Hall–Kier alpha value is -3.82. The minimum Gasteiger partial charge on any atom is -0.494 e. The van der Waals surface area contributed by atoms with E-state index in [0.717, 1.165) is 28.0 Å². The van der Waals surface area contributed by atoms with Gasteiger partial charge in [-0.1, -0.05) is 48.2 Å². The molecular weight excluding hydrogens is 418 g/mol. The van der Waals surface area contributed by atoms with Crippen LogP contribution in [0.4, 0.5) is 11.4 Å². The molecule has 0 fully saturated rings. The van der Waals surface area contributed by atoms with Crippen molar-refractivity contribution in [1.82, 2.24) is 4.98 Å². The molecule has 0 saturated heterocycles. The molecule has 3 aromatic carbocycles. The molecule has 0 N–H and O–H groups in total. The van der Waals surface area contributed by atoms with Gasteiger partial charge in [-0.05, 0) is 55.5 Å². The van der Waals surface area contributed by atoms with Crippen molar-refractivity contribution >= 4 is 39.9 Å². The zero-order valence-electron chi connectivity index (χ0n) is 17.6. The Kier molecular flexibility index (Phi) is 6.69. The maximum atomic E-state index is 13.3. The highest BCUT2D eigenvalue weighted by Crippen LogP contribution is 2.30. The lowest BCUT2D eigenvalue weighted by Crippen LogP contribution is -2.27. The van der Waals surface area contributed by atoms with Crippen molar-refractivity contribution in [2.45, 2.75) is 11.9 Å². The average molecular weight is 440 g/mol. The van der Waals surface area contributed by atoms with Gasteiger partial charge in [-0.2, -0.15) is 5.26 Å². The number of rotatable bonds is 7. The quantitative estimate of drug-likeness (QED) is 0.332. The molecule has 0 atom stereocenters. The lowest BCUT2D eigenvalue weighted by Gasteiger charge is -2.23. The Morgan fingerprint density at radius 1 is 1.00 bits per heavy atom. The maximum Gasteiger partial charge on any atom is 0.241 e. The molecule has 0 aliphatic carbocycles. The summed E-state index contributed by atoms with van der Waals surface area (Å²) in [7, 11) is 0. The monoisotopic (exact) mass is 439 g/mol. The van der Waals surface area contributed by atoms with Crippen LogP contribution in [-0.2, 0) is 4.79 Å². The number of fused-ring (bicyclic) bond motifs is 1. The number of hydrogen-bond donors (Lipinski definition) is 0. The first-order valence-electron chi connectivity index (χ1n) is 10.2. The molecule has 0 aliphatic rings. The fourth-order valence-corrected chi connectivity index (χ4v) is 4.18. The lowest BCUT2D eigenvalue weighted by atomic mass is 10.1. The third-order valence-electron chi connectivity index (χ3n) is 4.79. The number of amides is 1. The van der Waals surface area contributed by atoms with Crippen LogP contribution in [0.2, 0.25) is 0 Å². The van der Waals surface area contributed by atoms with E-state index >= 15 is 0 Å². The molecule has 158 valence electrons. The highest BCUT2D eigenvalue weighted by molar-refractivity contribution is 8.00. The van der Waals surface area contributed by atoms with Crippen LogP contribution >= 0.6 is 11.8 Å². The van der Waals surface area contributed by atoms with Crippen LogP contribution in [0.1, 0.15) is 12.5 Å². The summed E-state index contributed by atoms with van der Waals surface area (Å²) in [5.74, 6) is 0.793. The molecule has 32 heavy (non-hydrogen) atoms. The number of anilines is 2. The third kappa shape index (κ3) is 4.74. The van der Waals surface area contributed by atoms with Crippen LogP contribution in [-0.4, -0.2) is 23.3 Å². The molecule has 0 bridgehead atoms. The molecular formula is C26H21N3O2S. The van der Waals surface area contributed by atoms with E-state index in [2.05, 4.69) is 11.1 Å². The molecule has 0 spiro atoms. The zero-order chi connectivity index (χ0) is 22.3. The Bertz CT molecular complexity index is 1230. The number of thioether (sulfide) groups is 1. The standard InChI is InChI=1S/C26H21N3O2S/c1-2-31-23-13-14-24-19(16-23)15-20(17-27)26(28-24)32-18-25(30)29(21-9-5-3-6-10-21)22-11-7-4-8-12-22/h3-16H,2,18H2,1H3. The summed E-state index contributed by atoms with van der Waals surface area (Å²) < 4.78 is 5.54. The van der Waals surface area contributed by atoms with E-state index in [9.17, 15) is 10.1 Å². The number of pyridine rings is 1. The molecule has 1 heterocycles. The largest absolute Gasteiger partial charge is 0.494 e. The molecule has 4 aromatic rings. The normalized spacial score (nSPS) is 10.5. The minimum absolute atomic E-state index is 0.0927. The van der Waals surface area contributed by atoms with E-state index in [1.807, 2.05) is 85.8 Å². The summed E-state index contributed by atoms with van der Waals surface area (Å²) >= 11 is 1.27. The Balaban J connectivity index is 1.60. The van der Waals surface area contributed by atoms with Crippen molar-refractivity contribution in [3.63, 3.8) is 0 Å². The molecule has 0 radical (unpaired) electrons. The first kappa shape index (κ1) is 21.4. The minimum atomic E-state index is -0.0927. The van der Waals surface area contributed by atoms with E-state index in [1.165, 1.54) is 11.8 Å². The smallest absolute Gasteiger partial charge is 0.241 e. The number of hydrogen-bond acceptors (Lipinski definition) is 5. The van der Waals surface area contributed by atoms with Gasteiger partial charge in [0.2, 0.25) is 5.91 Å². The predicted molar refractivity (Wildman–Crippen MR) is 128 cm³/mol. The van der Waals surface area contributed by atoms with Gasteiger partial charge in [-0.15, -0.1) is 0 Å². The van der Waals surface area contributed by atoms with E-state index in [4.69, 9.17) is 4.74 Å². The third-order valence-corrected chi connectivity index (χ3v) is 5.77. The van der Waals surface area contributed by atoms with Crippen LogP contribution in [0, 0.1) is 11.3 Å². The van der Waals surface area contributed by atoms with Gasteiger partial charge in [0.05, 0.1) is 23.4 Å². The van der Waals surface area contributed by atoms with Gasteiger partial charge in [0.1, 0.15) is 16.8 Å². The summed E-state index contributed by atoms with van der Waals surface area (Å²) in [5, 5.41) is 11.0. The molecule has 0 saturated carbocycles. The highest BCUT2D eigenvalue weighted by Gasteiger charge is 2.19. The van der Waals surface area contributed by atoms with Crippen LogP contribution in [0.5, 0.6) is 5.75 Å². The van der Waals surface area contributed by atoms with Crippen molar-refractivity contribution in [1.29, 1.82) is 5.26 Å². The number of benzene rings is 3. The van der Waals surface area contributed by atoms with E-state index in [1.54, 1.807) is 11.0 Å². The first-order valence-corrected chi connectivity index (χ1v) is 11.2. The van der Waals surface area contributed by atoms with Gasteiger partial charge in [0, 0.05) is 16.8 Å². The van der Waals surface area contributed by atoms with E-state index < -0.39 is 0 Å². The topological polar surface area (TPSA) is 66.2 Å². The second kappa shape index (κ2) is 9.99.